The number of hydrogen-bond acceptors (Lipinski definition) is 8. The highest BCUT2D eigenvalue weighted by molar-refractivity contribution is 5.89. The van der Waals surface area contributed by atoms with Crippen LogP contribution in [0, 0.1) is 0 Å². The number of carbonyl (C=O) groups is 1. The number of methoxy groups -OCH3 is 1. The predicted molar refractivity (Wildman–Crippen MR) is 86.1 cm³/mol. The third kappa shape index (κ3) is 4.77. The Hall–Kier alpha value is -1.97. The molecule has 0 aliphatic carbocycles. The van der Waals surface area contributed by atoms with E-state index in [1.54, 1.807) is 12.1 Å². The van der Waals surface area contributed by atoms with Gasteiger partial charge in [-0.25, -0.2) is 4.79 Å². The van der Waals surface area contributed by atoms with Crippen LogP contribution in [0.4, 0.5) is 0 Å². The van der Waals surface area contributed by atoms with Crippen molar-refractivity contribution in [3.63, 3.8) is 0 Å². The molecule has 8 heteroatoms. The summed E-state index contributed by atoms with van der Waals surface area (Å²) in [5.74, 6) is -0.0236. The van der Waals surface area contributed by atoms with Crippen LogP contribution >= 0.6 is 0 Å². The summed E-state index contributed by atoms with van der Waals surface area (Å²) in [5.41, 5.74) is 0.297. The van der Waals surface area contributed by atoms with Crippen LogP contribution in [0.3, 0.4) is 0 Å². The van der Waals surface area contributed by atoms with E-state index in [4.69, 9.17) is 18.9 Å². The van der Waals surface area contributed by atoms with Crippen molar-refractivity contribution >= 4 is 5.97 Å². The molecule has 1 aromatic rings. The van der Waals surface area contributed by atoms with Crippen LogP contribution in [-0.4, -0.2) is 72.3 Å². The number of aliphatic hydroxyl groups is 3. The molecule has 1 aliphatic rings. The maximum Gasteiger partial charge on any atom is 0.338 e. The molecule has 8 nitrogen and oxygen atoms in total. The molecule has 5 atom stereocenters. The van der Waals surface area contributed by atoms with Gasteiger partial charge in [0.25, 0.3) is 0 Å². The number of rotatable bonds is 7. The molecule has 0 aromatic heterocycles. The van der Waals surface area contributed by atoms with E-state index >= 15 is 0 Å². The average Bonchev–Trinajstić information content (AvgIpc) is 2.63. The molecule has 1 aliphatic heterocycles. The molecular formula is C17H22O8. The van der Waals surface area contributed by atoms with Crippen molar-refractivity contribution in [3.8, 4) is 5.75 Å². The first kappa shape index (κ1) is 19.4. The Morgan fingerprint density at radius 2 is 1.92 bits per heavy atom. The van der Waals surface area contributed by atoms with E-state index in [2.05, 4.69) is 6.58 Å². The highest BCUT2D eigenvalue weighted by Gasteiger charge is 2.45. The zero-order valence-electron chi connectivity index (χ0n) is 13.8. The van der Waals surface area contributed by atoms with E-state index in [1.165, 1.54) is 25.3 Å². The van der Waals surface area contributed by atoms with Crippen LogP contribution in [0.15, 0.2) is 36.9 Å². The molecule has 2 rings (SSSR count). The smallest absolute Gasteiger partial charge is 0.338 e. The predicted octanol–water partition coefficient (Wildman–Crippen LogP) is -0.138. The second-order valence-corrected chi connectivity index (χ2v) is 5.46. The lowest BCUT2D eigenvalue weighted by Gasteiger charge is -2.40. The van der Waals surface area contributed by atoms with Crippen LogP contribution in [0.5, 0.6) is 5.75 Å². The van der Waals surface area contributed by atoms with Gasteiger partial charge in [-0.15, -0.1) is 6.58 Å². The van der Waals surface area contributed by atoms with Crippen molar-refractivity contribution in [3.05, 3.63) is 42.5 Å². The fraction of sp³-hybridized carbons (Fsp3) is 0.471. The van der Waals surface area contributed by atoms with Gasteiger partial charge in [0.05, 0.1) is 19.3 Å². The molecule has 0 amide bonds. The quantitative estimate of drug-likeness (QED) is 0.458. The summed E-state index contributed by atoms with van der Waals surface area (Å²) < 4.78 is 20.5. The van der Waals surface area contributed by atoms with E-state index in [0.717, 1.165) is 0 Å². The highest BCUT2D eigenvalue weighted by atomic mass is 16.7. The van der Waals surface area contributed by atoms with Crippen molar-refractivity contribution in [2.45, 2.75) is 30.7 Å². The number of esters is 1. The number of carbonyl (C=O) groups excluding carboxylic acids is 1. The van der Waals surface area contributed by atoms with Crippen molar-refractivity contribution in [1.82, 2.24) is 0 Å². The summed E-state index contributed by atoms with van der Waals surface area (Å²) in [5, 5.41) is 29.8. The second kappa shape index (κ2) is 8.93. The standard InChI is InChI=1S/C17H22O8/c1-3-8-23-15-13(18)12(25-17(21)14(15)19)9-24-16(20)10-4-6-11(22-2)7-5-10/h3-7,12-15,17-19,21H,1,8-9H2,2H3/t12-,13+,14-,15-,17+/m0/s1. The van der Waals surface area contributed by atoms with Gasteiger partial charge < -0.3 is 34.3 Å². The van der Waals surface area contributed by atoms with Crippen LogP contribution in [-0.2, 0) is 14.2 Å². The molecule has 1 aromatic carbocycles. The lowest BCUT2D eigenvalue weighted by atomic mass is 9.99. The fourth-order valence-electron chi connectivity index (χ4n) is 2.40. The van der Waals surface area contributed by atoms with Crippen LogP contribution in [0.1, 0.15) is 10.4 Å². The number of benzene rings is 1. The number of hydrogen-bond donors (Lipinski definition) is 3. The molecule has 1 saturated heterocycles. The Balaban J connectivity index is 1.95. The SMILES string of the molecule is C=CCO[C@@H]1[C@H](O)[C@H](O)O[C@@H](COC(=O)c2ccc(OC)cc2)[C@H]1O. The van der Waals surface area contributed by atoms with Gasteiger partial charge in [-0.3, -0.25) is 0 Å². The molecule has 0 unspecified atom stereocenters. The summed E-state index contributed by atoms with van der Waals surface area (Å²) in [6.07, 6.45) is -4.98. The molecule has 25 heavy (non-hydrogen) atoms. The second-order valence-electron chi connectivity index (χ2n) is 5.46. The minimum absolute atomic E-state index is 0.0733. The van der Waals surface area contributed by atoms with E-state index in [0.29, 0.717) is 11.3 Å². The first-order chi connectivity index (χ1) is 12.0. The Bertz CT molecular complexity index is 573. The van der Waals surface area contributed by atoms with Gasteiger partial charge in [0.2, 0.25) is 0 Å². The lowest BCUT2D eigenvalue weighted by molar-refractivity contribution is -0.292. The molecule has 1 fully saturated rings. The Kier molecular flexibility index (Phi) is 6.91. The summed E-state index contributed by atoms with van der Waals surface area (Å²) >= 11 is 0. The van der Waals surface area contributed by atoms with Gasteiger partial charge in [-0.1, -0.05) is 6.08 Å². The molecule has 138 valence electrons. The van der Waals surface area contributed by atoms with Gasteiger partial charge in [-0.2, -0.15) is 0 Å². The van der Waals surface area contributed by atoms with Gasteiger partial charge in [-0.05, 0) is 24.3 Å². The van der Waals surface area contributed by atoms with E-state index in [-0.39, 0.29) is 13.2 Å². The summed E-state index contributed by atoms with van der Waals surface area (Å²) in [6, 6.07) is 6.30. The molecule has 0 radical (unpaired) electrons. The maximum atomic E-state index is 12.0. The monoisotopic (exact) mass is 354 g/mol. The third-order valence-corrected chi connectivity index (χ3v) is 3.77. The van der Waals surface area contributed by atoms with Gasteiger partial charge >= 0.3 is 5.97 Å². The first-order valence-electron chi connectivity index (χ1n) is 7.71. The zero-order valence-corrected chi connectivity index (χ0v) is 13.8. The van der Waals surface area contributed by atoms with Gasteiger partial charge in [0.1, 0.15) is 36.8 Å². The Labute approximate surface area is 145 Å². The van der Waals surface area contributed by atoms with E-state index < -0.39 is 36.7 Å². The summed E-state index contributed by atoms with van der Waals surface area (Å²) in [6.45, 7) is 3.24. The molecule has 3 N–H and O–H groups in total. The Morgan fingerprint density at radius 3 is 2.52 bits per heavy atom. The fourth-order valence-corrected chi connectivity index (χ4v) is 2.40. The van der Waals surface area contributed by atoms with E-state index in [9.17, 15) is 20.1 Å². The van der Waals surface area contributed by atoms with Crippen molar-refractivity contribution in [1.29, 1.82) is 0 Å². The van der Waals surface area contributed by atoms with Gasteiger partial charge in [0, 0.05) is 0 Å². The third-order valence-electron chi connectivity index (χ3n) is 3.77. The summed E-state index contributed by atoms with van der Waals surface area (Å²) in [7, 11) is 1.51. The zero-order chi connectivity index (χ0) is 18.4. The van der Waals surface area contributed by atoms with Crippen molar-refractivity contribution < 1.29 is 39.1 Å². The first-order valence-corrected chi connectivity index (χ1v) is 7.71. The molecular weight excluding hydrogens is 332 g/mol. The lowest BCUT2D eigenvalue weighted by Crippen LogP contribution is -2.59. The number of aliphatic hydroxyl groups excluding tert-OH is 3. The van der Waals surface area contributed by atoms with Crippen LogP contribution in [0.25, 0.3) is 0 Å². The molecule has 1 heterocycles. The maximum absolute atomic E-state index is 12.0. The summed E-state index contributed by atoms with van der Waals surface area (Å²) in [4.78, 5) is 12.0. The highest BCUT2D eigenvalue weighted by Crippen LogP contribution is 2.23. The molecule has 0 bridgehead atoms. The van der Waals surface area contributed by atoms with Crippen molar-refractivity contribution in [2.24, 2.45) is 0 Å². The largest absolute Gasteiger partial charge is 0.497 e. The normalized spacial score (nSPS) is 29.0. The van der Waals surface area contributed by atoms with E-state index in [1.807, 2.05) is 0 Å². The van der Waals surface area contributed by atoms with Crippen LogP contribution < -0.4 is 4.74 Å². The minimum Gasteiger partial charge on any atom is -0.497 e. The molecule has 0 spiro atoms. The molecule has 0 saturated carbocycles. The topological polar surface area (TPSA) is 115 Å². The number of ether oxygens (including phenoxy) is 4. The van der Waals surface area contributed by atoms with Crippen LogP contribution in [0.2, 0.25) is 0 Å². The average molecular weight is 354 g/mol. The Morgan fingerprint density at radius 1 is 1.24 bits per heavy atom. The minimum atomic E-state index is -1.57. The van der Waals surface area contributed by atoms with Gasteiger partial charge in [0.15, 0.2) is 6.29 Å². The van der Waals surface area contributed by atoms with Crippen molar-refractivity contribution in [2.75, 3.05) is 20.3 Å².